The Kier molecular flexibility index (Phi) is 4.68. The second-order valence-electron chi connectivity index (χ2n) is 5.16. The number of hydrogen-bond acceptors (Lipinski definition) is 6. The number of hydrogen-bond donors (Lipinski definition) is 1. The summed E-state index contributed by atoms with van der Waals surface area (Å²) in [6.07, 6.45) is 2.16. The topological polar surface area (TPSA) is 88.6 Å². The standard InChI is InChI=1S/C16H15N3O4S/c1-23-7-2-6-19-14(21)11-4-3-10(9-12(11)15(19)22)13(20)18-16-17-5-8-24-16/h3-5,8-9H,2,6-7H2,1H3,(H,17,18,20). The van der Waals surface area contributed by atoms with Crippen LogP contribution < -0.4 is 5.32 Å². The Bertz CT molecular complexity index is 789. The highest BCUT2D eigenvalue weighted by Crippen LogP contribution is 2.24. The first-order valence-corrected chi connectivity index (χ1v) is 8.20. The van der Waals surface area contributed by atoms with Gasteiger partial charge in [-0.25, -0.2) is 4.98 Å². The number of carbonyl (C=O) groups is 3. The van der Waals surface area contributed by atoms with Crippen molar-refractivity contribution in [1.82, 2.24) is 9.88 Å². The van der Waals surface area contributed by atoms with Crippen LogP contribution in [-0.4, -0.2) is 47.9 Å². The van der Waals surface area contributed by atoms with E-state index in [4.69, 9.17) is 4.74 Å². The van der Waals surface area contributed by atoms with Crippen molar-refractivity contribution in [2.45, 2.75) is 6.42 Å². The van der Waals surface area contributed by atoms with E-state index in [1.54, 1.807) is 18.7 Å². The molecule has 0 fully saturated rings. The van der Waals surface area contributed by atoms with Gasteiger partial charge in [-0.05, 0) is 24.6 Å². The molecule has 2 heterocycles. The molecule has 2 aromatic rings. The number of fused-ring (bicyclic) bond motifs is 1. The van der Waals surface area contributed by atoms with Crippen molar-refractivity contribution in [2.75, 3.05) is 25.6 Å². The smallest absolute Gasteiger partial charge is 0.261 e. The molecule has 1 aliphatic rings. The van der Waals surface area contributed by atoms with Gasteiger partial charge in [-0.1, -0.05) is 0 Å². The van der Waals surface area contributed by atoms with Crippen molar-refractivity contribution in [3.05, 3.63) is 46.5 Å². The summed E-state index contributed by atoms with van der Waals surface area (Å²) >= 11 is 1.30. The fraction of sp³-hybridized carbons (Fsp3) is 0.250. The Morgan fingerprint density at radius 2 is 2.08 bits per heavy atom. The van der Waals surface area contributed by atoms with E-state index >= 15 is 0 Å². The highest BCUT2D eigenvalue weighted by Gasteiger charge is 2.35. The molecule has 0 saturated heterocycles. The fourth-order valence-electron chi connectivity index (χ4n) is 2.46. The number of rotatable bonds is 6. The van der Waals surface area contributed by atoms with Crippen molar-refractivity contribution in [2.24, 2.45) is 0 Å². The Hall–Kier alpha value is -2.58. The van der Waals surface area contributed by atoms with Gasteiger partial charge in [-0.3, -0.25) is 24.6 Å². The molecule has 24 heavy (non-hydrogen) atoms. The number of imide groups is 1. The third-order valence-electron chi connectivity index (χ3n) is 3.62. The Labute approximate surface area is 142 Å². The Morgan fingerprint density at radius 3 is 2.79 bits per heavy atom. The summed E-state index contributed by atoms with van der Waals surface area (Å²) in [5.74, 6) is -1.08. The maximum Gasteiger partial charge on any atom is 0.261 e. The summed E-state index contributed by atoms with van der Waals surface area (Å²) in [5.41, 5.74) is 0.885. The normalized spacial score (nSPS) is 13.3. The first-order chi connectivity index (χ1) is 11.6. The van der Waals surface area contributed by atoms with E-state index < -0.39 is 0 Å². The van der Waals surface area contributed by atoms with Gasteiger partial charge in [0.2, 0.25) is 0 Å². The molecule has 1 N–H and O–H groups in total. The quantitative estimate of drug-likeness (QED) is 0.639. The van der Waals surface area contributed by atoms with Crippen LogP contribution in [0.15, 0.2) is 29.8 Å². The van der Waals surface area contributed by atoms with Crippen molar-refractivity contribution >= 4 is 34.2 Å². The van der Waals surface area contributed by atoms with E-state index in [-0.39, 0.29) is 23.3 Å². The second kappa shape index (κ2) is 6.90. The maximum atomic E-state index is 12.4. The predicted octanol–water partition coefficient (Wildman–Crippen LogP) is 2.03. The van der Waals surface area contributed by atoms with Gasteiger partial charge in [0.05, 0.1) is 11.1 Å². The zero-order valence-electron chi connectivity index (χ0n) is 12.9. The van der Waals surface area contributed by atoms with E-state index in [2.05, 4.69) is 10.3 Å². The van der Waals surface area contributed by atoms with E-state index in [0.29, 0.717) is 35.8 Å². The molecule has 0 saturated carbocycles. The lowest BCUT2D eigenvalue weighted by Gasteiger charge is -2.12. The van der Waals surface area contributed by atoms with Crippen molar-refractivity contribution in [1.29, 1.82) is 0 Å². The van der Waals surface area contributed by atoms with Crippen LogP contribution in [0.4, 0.5) is 5.13 Å². The number of benzene rings is 1. The van der Waals surface area contributed by atoms with E-state index in [1.807, 2.05) is 0 Å². The number of aromatic nitrogens is 1. The predicted molar refractivity (Wildman–Crippen MR) is 88.4 cm³/mol. The van der Waals surface area contributed by atoms with Gasteiger partial charge in [-0.2, -0.15) is 0 Å². The summed E-state index contributed by atoms with van der Waals surface area (Å²) < 4.78 is 4.94. The molecule has 1 aromatic carbocycles. The van der Waals surface area contributed by atoms with E-state index in [9.17, 15) is 14.4 Å². The molecule has 0 radical (unpaired) electrons. The molecule has 0 unspecified atom stereocenters. The Morgan fingerprint density at radius 1 is 1.29 bits per heavy atom. The lowest BCUT2D eigenvalue weighted by Crippen LogP contribution is -2.31. The number of methoxy groups -OCH3 is 1. The molecule has 124 valence electrons. The molecule has 8 heteroatoms. The van der Waals surface area contributed by atoms with Crippen LogP contribution in [0.3, 0.4) is 0 Å². The summed E-state index contributed by atoms with van der Waals surface area (Å²) in [5, 5.41) is 4.88. The molecule has 0 aliphatic carbocycles. The summed E-state index contributed by atoms with van der Waals surface area (Å²) in [6, 6.07) is 4.50. The van der Waals surface area contributed by atoms with Crippen LogP contribution in [0.1, 0.15) is 37.5 Å². The van der Waals surface area contributed by atoms with Crippen LogP contribution in [0.25, 0.3) is 0 Å². The third kappa shape index (κ3) is 3.06. The summed E-state index contributed by atoms with van der Waals surface area (Å²) in [7, 11) is 1.57. The van der Waals surface area contributed by atoms with Gasteiger partial charge in [0, 0.05) is 37.4 Å². The first-order valence-electron chi connectivity index (χ1n) is 7.32. The number of thiazole rings is 1. The van der Waals surface area contributed by atoms with E-state index in [0.717, 1.165) is 0 Å². The fourth-order valence-corrected chi connectivity index (χ4v) is 2.98. The number of ether oxygens (including phenoxy) is 1. The summed E-state index contributed by atoms with van der Waals surface area (Å²) in [4.78, 5) is 42.1. The molecule has 1 aliphatic heterocycles. The highest BCUT2D eigenvalue weighted by molar-refractivity contribution is 7.13. The molecule has 3 amide bonds. The van der Waals surface area contributed by atoms with Gasteiger partial charge in [0.15, 0.2) is 5.13 Å². The number of nitrogens with zero attached hydrogens (tertiary/aromatic N) is 2. The third-order valence-corrected chi connectivity index (χ3v) is 4.30. The minimum absolute atomic E-state index is 0.254. The van der Waals surface area contributed by atoms with Gasteiger partial charge >= 0.3 is 0 Å². The lowest BCUT2D eigenvalue weighted by molar-refractivity contribution is 0.0638. The average molecular weight is 345 g/mol. The van der Waals surface area contributed by atoms with Crippen molar-refractivity contribution in [3.8, 4) is 0 Å². The zero-order chi connectivity index (χ0) is 17.1. The highest BCUT2D eigenvalue weighted by atomic mass is 32.1. The van der Waals surface area contributed by atoms with Gasteiger partial charge < -0.3 is 4.74 Å². The SMILES string of the molecule is COCCCN1C(=O)c2ccc(C(=O)Nc3nccs3)cc2C1=O. The van der Waals surface area contributed by atoms with Crippen molar-refractivity contribution < 1.29 is 19.1 Å². The van der Waals surface area contributed by atoms with Crippen LogP contribution in [0, 0.1) is 0 Å². The molecule has 0 spiro atoms. The Balaban J connectivity index is 1.79. The molecule has 3 rings (SSSR count). The van der Waals surface area contributed by atoms with Crippen LogP contribution >= 0.6 is 11.3 Å². The average Bonchev–Trinajstić information content (AvgIpc) is 3.17. The zero-order valence-corrected chi connectivity index (χ0v) is 13.8. The van der Waals surface area contributed by atoms with Crippen LogP contribution in [0.5, 0.6) is 0 Å². The largest absolute Gasteiger partial charge is 0.385 e. The first kappa shape index (κ1) is 16.3. The molecular weight excluding hydrogens is 330 g/mol. The van der Waals surface area contributed by atoms with Gasteiger partial charge in [0.1, 0.15) is 0 Å². The van der Waals surface area contributed by atoms with Gasteiger partial charge in [0.25, 0.3) is 17.7 Å². The van der Waals surface area contributed by atoms with Crippen LogP contribution in [-0.2, 0) is 4.74 Å². The molecule has 1 aromatic heterocycles. The number of anilines is 1. The number of carbonyl (C=O) groups excluding carboxylic acids is 3. The monoisotopic (exact) mass is 345 g/mol. The summed E-state index contributed by atoms with van der Waals surface area (Å²) in [6.45, 7) is 0.760. The number of nitrogens with one attached hydrogen (secondary N) is 1. The second-order valence-corrected chi connectivity index (χ2v) is 6.05. The van der Waals surface area contributed by atoms with Gasteiger partial charge in [-0.15, -0.1) is 11.3 Å². The minimum Gasteiger partial charge on any atom is -0.385 e. The lowest BCUT2D eigenvalue weighted by atomic mass is 10.1. The maximum absolute atomic E-state index is 12.4. The molecule has 0 atom stereocenters. The molecule has 0 bridgehead atoms. The van der Waals surface area contributed by atoms with Crippen LogP contribution in [0.2, 0.25) is 0 Å². The molecule has 7 nitrogen and oxygen atoms in total. The van der Waals surface area contributed by atoms with E-state index in [1.165, 1.54) is 34.4 Å². The minimum atomic E-state index is -0.380. The van der Waals surface area contributed by atoms with Crippen molar-refractivity contribution in [3.63, 3.8) is 0 Å². The molecular formula is C16H15N3O4S. The number of amides is 3.